The minimum Gasteiger partial charge on any atom is -0.461 e. The molecule has 0 aliphatic rings. The fourth-order valence-corrected chi connectivity index (χ4v) is 5.08. The summed E-state index contributed by atoms with van der Waals surface area (Å²) in [5.74, 6) is 0.144. The Labute approximate surface area is 300 Å². The predicted molar refractivity (Wildman–Crippen MR) is 195 cm³/mol. The number of esters is 2. The van der Waals surface area contributed by atoms with Gasteiger partial charge in [0, 0.05) is 42.9 Å². The van der Waals surface area contributed by atoms with Crippen LogP contribution in [0.3, 0.4) is 0 Å². The molecule has 0 bridgehead atoms. The van der Waals surface area contributed by atoms with Gasteiger partial charge in [0.1, 0.15) is 25.4 Å². The molecule has 2 N–H and O–H groups in total. The molecule has 0 spiro atoms. The Kier molecular flexibility index (Phi) is 23.6. The molecule has 0 aliphatic carbocycles. The van der Waals surface area contributed by atoms with Crippen molar-refractivity contribution in [1.29, 1.82) is 0 Å². The van der Waals surface area contributed by atoms with Crippen LogP contribution < -0.4 is 10.6 Å². The molecule has 12 nitrogen and oxygen atoms in total. The van der Waals surface area contributed by atoms with Crippen molar-refractivity contribution in [3.05, 3.63) is 85.5 Å². The first-order chi connectivity index (χ1) is 23.5. The number of methoxy groups -OCH3 is 1. The van der Waals surface area contributed by atoms with E-state index in [4.69, 9.17) is 28.4 Å². The smallest absolute Gasteiger partial charge is 0.407 e. The summed E-state index contributed by atoms with van der Waals surface area (Å²) in [4.78, 5) is 47.9. The lowest BCUT2D eigenvalue weighted by molar-refractivity contribution is -0.139. The summed E-state index contributed by atoms with van der Waals surface area (Å²) in [5.41, 5.74) is 0.316. The van der Waals surface area contributed by atoms with Gasteiger partial charge in [-0.1, -0.05) is 49.6 Å². The van der Waals surface area contributed by atoms with E-state index in [9.17, 15) is 19.2 Å². The van der Waals surface area contributed by atoms with Crippen LogP contribution in [0.5, 0.6) is 0 Å². The molecule has 2 unspecified atom stereocenters. The average Bonchev–Trinajstić information content (AvgIpc) is 3.09. The molecule has 2 amide bonds. The predicted octanol–water partition coefficient (Wildman–Crippen LogP) is 6.16. The zero-order valence-corrected chi connectivity index (χ0v) is 30.2. The van der Waals surface area contributed by atoms with Gasteiger partial charge in [0.25, 0.3) is 0 Å². The second-order valence-corrected chi connectivity index (χ2v) is 12.5. The lowest BCUT2D eigenvalue weighted by Crippen LogP contribution is -2.35. The number of benzene rings is 2. The van der Waals surface area contributed by atoms with Crippen LogP contribution in [-0.2, 0) is 38.0 Å². The van der Waals surface area contributed by atoms with Crippen molar-refractivity contribution in [3.63, 3.8) is 0 Å². The van der Waals surface area contributed by atoms with E-state index in [1.807, 2.05) is 74.5 Å². The third-order valence-corrected chi connectivity index (χ3v) is 7.90. The molecule has 0 heterocycles. The molecule has 0 fully saturated rings. The molecule has 0 aromatic heterocycles. The Morgan fingerprint density at radius 1 is 0.796 bits per heavy atom. The minimum absolute atomic E-state index is 0. The fourth-order valence-electron chi connectivity index (χ4n) is 3.30. The van der Waals surface area contributed by atoms with Gasteiger partial charge >= 0.3 is 24.1 Å². The van der Waals surface area contributed by atoms with Crippen molar-refractivity contribution in [1.82, 2.24) is 10.6 Å². The summed E-state index contributed by atoms with van der Waals surface area (Å²) < 4.78 is 31.0. The normalized spacial score (nSPS) is 11.5. The van der Waals surface area contributed by atoms with Gasteiger partial charge in [-0.3, -0.25) is 0 Å². The first-order valence-corrected chi connectivity index (χ1v) is 17.5. The lowest BCUT2D eigenvalue weighted by Gasteiger charge is -2.19. The van der Waals surface area contributed by atoms with Crippen LogP contribution in [0.1, 0.15) is 23.6 Å². The number of thioether (sulfide) groups is 2. The van der Waals surface area contributed by atoms with E-state index in [2.05, 4.69) is 23.8 Å². The molecule has 0 saturated heterocycles. The second kappa shape index (κ2) is 26.9. The number of carbonyl (C=O) groups excluding carboxylic acids is 4. The quantitative estimate of drug-likeness (QED) is 0.0500. The highest BCUT2D eigenvalue weighted by Gasteiger charge is 2.17. The summed E-state index contributed by atoms with van der Waals surface area (Å²) in [6.45, 7) is 13.3. The van der Waals surface area contributed by atoms with Gasteiger partial charge in [-0.15, -0.1) is 23.5 Å². The van der Waals surface area contributed by atoms with Crippen LogP contribution in [0.4, 0.5) is 9.59 Å². The van der Waals surface area contributed by atoms with Crippen molar-refractivity contribution < 1.29 is 50.5 Å². The van der Waals surface area contributed by atoms with E-state index in [1.54, 1.807) is 37.6 Å². The summed E-state index contributed by atoms with van der Waals surface area (Å²) >= 11 is 3.17. The zero-order valence-electron chi connectivity index (χ0n) is 28.6. The third kappa shape index (κ3) is 23.1. The van der Waals surface area contributed by atoms with Crippen molar-refractivity contribution in [2.24, 2.45) is 0 Å². The number of hydrogen-bond acceptors (Lipinski definition) is 12. The SMILES string of the molecule is C=C(C)C(=O)OCCNC(=O)OC(COC(C)C)CSc1ccccc1.C=CC(=O)OCCNC(=O)OC(COC)CSc1ccccc1.[HH].[HH]. The summed E-state index contributed by atoms with van der Waals surface area (Å²) in [5, 5.41) is 5.07. The largest absolute Gasteiger partial charge is 0.461 e. The number of hydrogen-bond donors (Lipinski definition) is 2. The summed E-state index contributed by atoms with van der Waals surface area (Å²) in [7, 11) is 1.55. The van der Waals surface area contributed by atoms with Gasteiger partial charge in [0.2, 0.25) is 0 Å². The van der Waals surface area contributed by atoms with Gasteiger partial charge in [-0.25, -0.2) is 19.2 Å². The number of ether oxygens (including phenoxy) is 6. The van der Waals surface area contributed by atoms with Gasteiger partial charge in [-0.05, 0) is 45.0 Å². The summed E-state index contributed by atoms with van der Waals surface area (Å²) in [6.07, 6.45) is -0.792. The molecule has 2 atom stereocenters. The van der Waals surface area contributed by atoms with Crippen molar-refractivity contribution in [2.75, 3.05) is 58.1 Å². The van der Waals surface area contributed by atoms with Crippen molar-refractivity contribution in [3.8, 4) is 0 Å². The number of rotatable bonds is 21. The fraction of sp³-hybridized carbons (Fsp3) is 0.429. The minimum atomic E-state index is -0.574. The first kappa shape index (κ1) is 43.0. The molecular formula is C35H52N2O10S2. The van der Waals surface area contributed by atoms with Crippen molar-refractivity contribution >= 4 is 47.6 Å². The molecular weight excluding hydrogens is 673 g/mol. The van der Waals surface area contributed by atoms with Crippen LogP contribution in [-0.4, -0.2) is 101 Å². The Hall–Kier alpha value is -3.98. The highest BCUT2D eigenvalue weighted by atomic mass is 32.2. The van der Waals surface area contributed by atoms with Gasteiger partial charge in [0.05, 0.1) is 32.4 Å². The van der Waals surface area contributed by atoms with Crippen LogP contribution in [0.15, 0.2) is 95.3 Å². The molecule has 274 valence electrons. The maximum atomic E-state index is 11.9. The second-order valence-electron chi connectivity index (χ2n) is 10.3. The van der Waals surface area contributed by atoms with Gasteiger partial charge in [-0.2, -0.15) is 0 Å². The summed E-state index contributed by atoms with van der Waals surface area (Å²) in [6, 6.07) is 19.7. The number of nitrogens with one attached hydrogen (secondary N) is 2. The Morgan fingerprint density at radius 3 is 1.69 bits per heavy atom. The zero-order chi connectivity index (χ0) is 36.3. The lowest BCUT2D eigenvalue weighted by atomic mass is 10.4. The Balaban J connectivity index is 0. The molecule has 0 saturated carbocycles. The maximum absolute atomic E-state index is 11.9. The Bertz CT molecular complexity index is 1280. The van der Waals surface area contributed by atoms with E-state index < -0.39 is 24.1 Å². The van der Waals surface area contributed by atoms with Gasteiger partial charge in [0.15, 0.2) is 0 Å². The standard InChI is InChI=1S/C19H27NO5S.C16H21NO5S.2H2/c1-14(2)18(21)23-11-10-20-19(22)25-16(12-24-15(3)4)13-26-17-8-6-5-7-9-17;1-3-15(18)21-10-9-17-16(19)22-13(11-20-2)12-23-14-7-5-4-6-8-14;;/h5-9,15-16H,1,10-13H2,2-4H3,(H,20,22);3-8,13H,1,9-12H2,2H3,(H,17,19);2*1H. The monoisotopic (exact) mass is 724 g/mol. The van der Waals surface area contributed by atoms with Crippen LogP contribution in [0, 0.1) is 0 Å². The molecule has 2 rings (SSSR count). The molecule has 49 heavy (non-hydrogen) atoms. The van der Waals surface area contributed by atoms with Gasteiger partial charge < -0.3 is 39.1 Å². The number of alkyl carbamates (subject to hydrolysis) is 2. The van der Waals surface area contributed by atoms with Crippen molar-refractivity contribution in [2.45, 2.75) is 48.9 Å². The molecule has 0 aliphatic heterocycles. The molecule has 14 heteroatoms. The van der Waals surface area contributed by atoms with E-state index in [0.717, 1.165) is 15.9 Å². The highest BCUT2D eigenvalue weighted by Crippen LogP contribution is 2.20. The topological polar surface area (TPSA) is 148 Å². The number of amides is 2. The third-order valence-electron chi connectivity index (χ3n) is 5.61. The van der Waals surface area contributed by atoms with Crippen LogP contribution in [0.25, 0.3) is 0 Å². The molecule has 0 radical (unpaired) electrons. The van der Waals surface area contributed by atoms with E-state index in [0.29, 0.717) is 30.3 Å². The highest BCUT2D eigenvalue weighted by molar-refractivity contribution is 7.99. The molecule has 2 aromatic carbocycles. The molecule has 2 aromatic rings. The number of carbonyl (C=O) groups is 4. The first-order valence-electron chi connectivity index (χ1n) is 15.5. The Morgan fingerprint density at radius 2 is 1.27 bits per heavy atom. The van der Waals surface area contributed by atoms with Crippen LogP contribution >= 0.6 is 23.5 Å². The van der Waals surface area contributed by atoms with Crippen LogP contribution in [0.2, 0.25) is 0 Å². The van der Waals surface area contributed by atoms with E-state index in [1.165, 1.54) is 0 Å². The average molecular weight is 725 g/mol. The van der Waals surface area contributed by atoms with E-state index >= 15 is 0 Å². The van der Waals surface area contributed by atoms with E-state index in [-0.39, 0.29) is 47.5 Å². The maximum Gasteiger partial charge on any atom is 0.407 e.